The van der Waals surface area contributed by atoms with Crippen LogP contribution in [0.5, 0.6) is 11.5 Å². The topological polar surface area (TPSA) is 50.7 Å². The van der Waals surface area contributed by atoms with E-state index in [4.69, 9.17) is 16.3 Å². The normalized spacial score (nSPS) is 14.1. The van der Waals surface area contributed by atoms with E-state index >= 15 is 0 Å². The van der Waals surface area contributed by atoms with Crippen molar-refractivity contribution in [2.24, 2.45) is 4.99 Å². The van der Waals surface area contributed by atoms with Crippen molar-refractivity contribution < 1.29 is 9.53 Å². The second kappa shape index (κ2) is 7.08. The second-order valence-corrected chi connectivity index (χ2v) is 7.15. The number of fused-ring (bicyclic) bond motifs is 2. The minimum absolute atomic E-state index is 0.237. The molecule has 4 aromatic rings. The Morgan fingerprint density at radius 2 is 1.55 bits per heavy atom. The molecular formula is C24H15ClN2O2. The quantitative estimate of drug-likeness (QED) is 0.436. The molecule has 0 fully saturated rings. The highest BCUT2D eigenvalue weighted by atomic mass is 35.5. The maximum Gasteiger partial charge on any atom is 0.275 e. The molecule has 1 aliphatic rings. The van der Waals surface area contributed by atoms with Gasteiger partial charge in [0.05, 0.1) is 11.4 Å². The average Bonchev–Trinajstić information content (AvgIpc) is 3.04. The zero-order valence-electron chi connectivity index (χ0n) is 15.2. The van der Waals surface area contributed by atoms with Crippen LogP contribution < -0.4 is 10.1 Å². The van der Waals surface area contributed by atoms with Gasteiger partial charge in [0.1, 0.15) is 17.2 Å². The summed E-state index contributed by atoms with van der Waals surface area (Å²) in [6.45, 7) is 0. The Balaban J connectivity index is 1.40. The molecule has 1 aliphatic heterocycles. The standard InChI is InChI=1S/C24H15ClN2O2/c25-17-6-12-22-21(14-17)23(24(28)27-22)26-18-7-10-19(11-8-18)29-20-9-5-15-3-1-2-4-16(15)13-20/h1-14H,(H,26,27,28). The van der Waals surface area contributed by atoms with E-state index in [1.54, 1.807) is 18.2 Å². The Hall–Kier alpha value is -3.63. The van der Waals surface area contributed by atoms with Crippen molar-refractivity contribution in [1.29, 1.82) is 0 Å². The zero-order valence-corrected chi connectivity index (χ0v) is 16.0. The summed E-state index contributed by atoms with van der Waals surface area (Å²) in [7, 11) is 0. The van der Waals surface area contributed by atoms with Crippen molar-refractivity contribution in [3.63, 3.8) is 0 Å². The molecule has 1 N–H and O–H groups in total. The molecule has 5 rings (SSSR count). The summed E-state index contributed by atoms with van der Waals surface area (Å²) in [5, 5.41) is 5.65. The number of ether oxygens (including phenoxy) is 1. The summed E-state index contributed by atoms with van der Waals surface area (Å²) in [6, 6.07) is 26.7. The number of aliphatic imine (C=N–C) groups is 1. The molecule has 4 nitrogen and oxygen atoms in total. The number of halogens is 1. The van der Waals surface area contributed by atoms with Crippen LogP contribution in [0.3, 0.4) is 0 Å². The van der Waals surface area contributed by atoms with Crippen molar-refractivity contribution >= 4 is 45.4 Å². The Morgan fingerprint density at radius 1 is 0.793 bits per heavy atom. The molecule has 0 saturated carbocycles. The molecule has 0 saturated heterocycles. The van der Waals surface area contributed by atoms with E-state index in [-0.39, 0.29) is 5.91 Å². The number of rotatable bonds is 3. The van der Waals surface area contributed by atoms with Gasteiger partial charge in [0, 0.05) is 10.6 Å². The molecule has 0 aromatic heterocycles. The third-order valence-corrected chi connectivity index (χ3v) is 4.97. The van der Waals surface area contributed by atoms with Gasteiger partial charge < -0.3 is 10.1 Å². The summed E-state index contributed by atoms with van der Waals surface area (Å²) < 4.78 is 5.96. The Labute approximate surface area is 172 Å². The molecule has 1 amide bonds. The van der Waals surface area contributed by atoms with E-state index in [2.05, 4.69) is 22.4 Å². The number of amides is 1. The number of nitrogens with zero attached hydrogens (tertiary/aromatic N) is 1. The second-order valence-electron chi connectivity index (χ2n) is 6.71. The summed E-state index contributed by atoms with van der Waals surface area (Å²) >= 11 is 6.06. The lowest BCUT2D eigenvalue weighted by Crippen LogP contribution is -2.13. The summed E-state index contributed by atoms with van der Waals surface area (Å²) in [5.74, 6) is 1.23. The van der Waals surface area contributed by atoms with Crippen molar-refractivity contribution in [1.82, 2.24) is 0 Å². The van der Waals surface area contributed by atoms with Crippen LogP contribution in [0.2, 0.25) is 5.02 Å². The van der Waals surface area contributed by atoms with Gasteiger partial charge in [-0.2, -0.15) is 0 Å². The number of hydrogen-bond acceptors (Lipinski definition) is 3. The number of carbonyl (C=O) groups is 1. The van der Waals surface area contributed by atoms with Crippen molar-refractivity contribution in [2.45, 2.75) is 0 Å². The highest BCUT2D eigenvalue weighted by molar-refractivity contribution is 6.54. The first-order valence-corrected chi connectivity index (χ1v) is 9.50. The SMILES string of the molecule is O=C1Nc2ccc(Cl)cc2C1=Nc1ccc(Oc2ccc3ccccc3c2)cc1. The molecule has 4 aromatic carbocycles. The molecule has 0 radical (unpaired) electrons. The smallest absolute Gasteiger partial charge is 0.275 e. The van der Waals surface area contributed by atoms with E-state index < -0.39 is 0 Å². The molecule has 1 heterocycles. The molecule has 0 spiro atoms. The number of nitrogens with one attached hydrogen (secondary N) is 1. The number of anilines is 1. The third-order valence-electron chi connectivity index (χ3n) is 4.73. The Kier molecular flexibility index (Phi) is 4.26. The van der Waals surface area contributed by atoms with E-state index in [9.17, 15) is 4.79 Å². The monoisotopic (exact) mass is 398 g/mol. The van der Waals surface area contributed by atoms with Crippen LogP contribution in [0, 0.1) is 0 Å². The first kappa shape index (κ1) is 17.5. The molecule has 29 heavy (non-hydrogen) atoms. The highest BCUT2D eigenvalue weighted by Gasteiger charge is 2.26. The van der Waals surface area contributed by atoms with Crippen molar-refractivity contribution in [3.05, 3.63) is 95.5 Å². The fraction of sp³-hybridized carbons (Fsp3) is 0. The molecule has 0 unspecified atom stereocenters. The van der Waals surface area contributed by atoms with Crippen LogP contribution in [0.1, 0.15) is 5.56 Å². The van der Waals surface area contributed by atoms with Gasteiger partial charge in [-0.25, -0.2) is 4.99 Å². The predicted molar refractivity (Wildman–Crippen MR) is 117 cm³/mol. The predicted octanol–water partition coefficient (Wildman–Crippen LogP) is 6.36. The van der Waals surface area contributed by atoms with E-state index in [0.717, 1.165) is 16.8 Å². The lowest BCUT2D eigenvalue weighted by Gasteiger charge is -2.07. The van der Waals surface area contributed by atoms with E-state index in [1.165, 1.54) is 5.39 Å². The number of carbonyl (C=O) groups excluding carboxylic acids is 1. The first-order valence-electron chi connectivity index (χ1n) is 9.12. The largest absolute Gasteiger partial charge is 0.457 e. The van der Waals surface area contributed by atoms with Gasteiger partial charge >= 0.3 is 0 Å². The number of benzene rings is 4. The van der Waals surface area contributed by atoms with Gasteiger partial charge in [0.25, 0.3) is 5.91 Å². The fourth-order valence-corrected chi connectivity index (χ4v) is 3.49. The molecule has 140 valence electrons. The van der Waals surface area contributed by atoms with Gasteiger partial charge in [-0.05, 0) is 65.4 Å². The van der Waals surface area contributed by atoms with Crippen molar-refractivity contribution in [3.8, 4) is 11.5 Å². The lowest BCUT2D eigenvalue weighted by atomic mass is 10.1. The van der Waals surface area contributed by atoms with E-state index in [1.807, 2.05) is 54.6 Å². The minimum Gasteiger partial charge on any atom is -0.457 e. The van der Waals surface area contributed by atoms with Crippen LogP contribution in [0.15, 0.2) is 89.9 Å². The first-order chi connectivity index (χ1) is 14.2. The Bertz CT molecular complexity index is 1280. The maximum absolute atomic E-state index is 12.3. The van der Waals surface area contributed by atoms with E-state index in [0.29, 0.717) is 27.7 Å². The van der Waals surface area contributed by atoms with Gasteiger partial charge in [-0.15, -0.1) is 0 Å². The van der Waals surface area contributed by atoms with Crippen LogP contribution in [-0.4, -0.2) is 11.6 Å². The molecular weight excluding hydrogens is 384 g/mol. The molecule has 5 heteroatoms. The summed E-state index contributed by atoms with van der Waals surface area (Å²) in [4.78, 5) is 16.8. The van der Waals surface area contributed by atoms with Gasteiger partial charge in [-0.3, -0.25) is 4.79 Å². The van der Waals surface area contributed by atoms with Crippen LogP contribution >= 0.6 is 11.6 Å². The molecule has 0 bridgehead atoms. The van der Waals surface area contributed by atoms with Gasteiger partial charge in [0.2, 0.25) is 0 Å². The minimum atomic E-state index is -0.237. The lowest BCUT2D eigenvalue weighted by molar-refractivity contribution is -0.110. The number of hydrogen-bond donors (Lipinski definition) is 1. The maximum atomic E-state index is 12.3. The van der Waals surface area contributed by atoms with Crippen LogP contribution in [-0.2, 0) is 4.79 Å². The highest BCUT2D eigenvalue weighted by Crippen LogP contribution is 2.30. The fourth-order valence-electron chi connectivity index (χ4n) is 3.32. The van der Waals surface area contributed by atoms with Crippen LogP contribution in [0.4, 0.5) is 11.4 Å². The molecule has 0 aliphatic carbocycles. The summed E-state index contributed by atoms with van der Waals surface area (Å²) in [6.07, 6.45) is 0. The van der Waals surface area contributed by atoms with Crippen molar-refractivity contribution in [2.75, 3.05) is 5.32 Å². The van der Waals surface area contributed by atoms with Gasteiger partial charge in [0.15, 0.2) is 0 Å². The van der Waals surface area contributed by atoms with Gasteiger partial charge in [-0.1, -0.05) is 41.9 Å². The third kappa shape index (κ3) is 3.46. The zero-order chi connectivity index (χ0) is 19.8. The molecule has 0 atom stereocenters. The average molecular weight is 399 g/mol. The summed E-state index contributed by atoms with van der Waals surface area (Å²) in [5.41, 5.74) is 2.44. The Morgan fingerprint density at radius 3 is 2.38 bits per heavy atom. The van der Waals surface area contributed by atoms with Crippen LogP contribution in [0.25, 0.3) is 10.8 Å².